The van der Waals surface area contributed by atoms with E-state index in [2.05, 4.69) is 0 Å². The molecule has 0 aromatic carbocycles. The molecule has 0 heterocycles. The standard InChI is InChI=1S/C5H11O2P/c1-8(2,3)4-5(6)7/h4H2,1-3H3/p+1. The van der Waals surface area contributed by atoms with E-state index in [0.29, 0.717) is 6.16 Å². The minimum atomic E-state index is -1.07. The molecule has 2 nitrogen and oxygen atoms in total. The molecule has 8 heavy (non-hydrogen) atoms. The monoisotopic (exact) mass is 135 g/mol. The van der Waals surface area contributed by atoms with Crippen LogP contribution in [0.5, 0.6) is 0 Å². The number of hydrogen-bond donors (Lipinski definition) is 1. The van der Waals surface area contributed by atoms with Gasteiger partial charge < -0.3 is 5.11 Å². The summed E-state index contributed by atoms with van der Waals surface area (Å²) in [4.78, 5) is 10.0. The Labute approximate surface area is 50.2 Å². The number of hydrogen-bond acceptors (Lipinski definition) is 1. The van der Waals surface area contributed by atoms with Crippen LogP contribution in [0.4, 0.5) is 0 Å². The average molecular weight is 135 g/mol. The van der Waals surface area contributed by atoms with Gasteiger partial charge in [-0.1, -0.05) is 0 Å². The Kier molecular flexibility index (Phi) is 2.42. The lowest BCUT2D eigenvalue weighted by atomic mass is 10.8. The summed E-state index contributed by atoms with van der Waals surface area (Å²) in [5.74, 6) is -0.675. The smallest absolute Gasteiger partial charge is 0.341 e. The van der Waals surface area contributed by atoms with Crippen LogP contribution in [-0.2, 0) is 4.79 Å². The van der Waals surface area contributed by atoms with Crippen molar-refractivity contribution in [1.82, 2.24) is 0 Å². The minimum absolute atomic E-state index is 0.354. The van der Waals surface area contributed by atoms with Crippen molar-refractivity contribution < 1.29 is 9.90 Å². The molecular weight excluding hydrogens is 123 g/mol. The van der Waals surface area contributed by atoms with Gasteiger partial charge in [0, 0.05) is 27.3 Å². The van der Waals surface area contributed by atoms with Gasteiger partial charge in [-0.25, -0.2) is 4.79 Å². The van der Waals surface area contributed by atoms with Crippen molar-refractivity contribution >= 4 is 13.2 Å². The summed E-state index contributed by atoms with van der Waals surface area (Å²) < 4.78 is 0. The number of carboxylic acids is 1. The van der Waals surface area contributed by atoms with Crippen LogP contribution in [0.15, 0.2) is 0 Å². The topological polar surface area (TPSA) is 37.3 Å². The third kappa shape index (κ3) is 5.90. The Morgan fingerprint density at radius 3 is 1.88 bits per heavy atom. The van der Waals surface area contributed by atoms with E-state index in [-0.39, 0.29) is 0 Å². The first-order valence-electron chi connectivity index (χ1n) is 2.44. The largest absolute Gasteiger partial charge is 0.479 e. The Morgan fingerprint density at radius 2 is 1.88 bits per heavy atom. The maximum Gasteiger partial charge on any atom is 0.341 e. The summed E-state index contributed by atoms with van der Waals surface area (Å²) in [6.45, 7) is 6.04. The van der Waals surface area contributed by atoms with E-state index in [1.54, 1.807) is 0 Å². The van der Waals surface area contributed by atoms with Crippen LogP contribution in [0.25, 0.3) is 0 Å². The molecule has 0 rings (SSSR count). The first-order valence-corrected chi connectivity index (χ1v) is 5.75. The molecule has 0 aromatic heterocycles. The third-order valence-electron chi connectivity index (χ3n) is 0.610. The second kappa shape index (κ2) is 2.45. The van der Waals surface area contributed by atoms with E-state index >= 15 is 0 Å². The molecule has 0 amide bonds. The van der Waals surface area contributed by atoms with E-state index in [9.17, 15) is 4.79 Å². The van der Waals surface area contributed by atoms with Crippen LogP contribution in [-0.4, -0.2) is 37.2 Å². The number of aliphatic carboxylic acids is 1. The zero-order valence-corrected chi connectivity index (χ0v) is 6.40. The van der Waals surface area contributed by atoms with Crippen LogP contribution in [0.2, 0.25) is 0 Å². The van der Waals surface area contributed by atoms with Gasteiger partial charge in [-0.05, 0) is 0 Å². The molecule has 1 N–H and O–H groups in total. The normalized spacial score (nSPS) is 11.4. The third-order valence-corrected chi connectivity index (χ3v) is 1.83. The zero-order valence-electron chi connectivity index (χ0n) is 5.51. The van der Waals surface area contributed by atoms with Gasteiger partial charge in [-0.15, -0.1) is 0 Å². The van der Waals surface area contributed by atoms with Gasteiger partial charge in [0.25, 0.3) is 0 Å². The molecule has 48 valence electrons. The Hall–Kier alpha value is -0.100. The molecule has 0 aliphatic rings. The van der Waals surface area contributed by atoms with E-state index in [1.807, 2.05) is 20.0 Å². The van der Waals surface area contributed by atoms with Crippen molar-refractivity contribution in [2.24, 2.45) is 0 Å². The Balaban J connectivity index is 3.55. The molecule has 0 radical (unpaired) electrons. The van der Waals surface area contributed by atoms with Crippen LogP contribution in [0.1, 0.15) is 0 Å². The van der Waals surface area contributed by atoms with Crippen LogP contribution >= 0.6 is 7.26 Å². The van der Waals surface area contributed by atoms with Crippen LogP contribution < -0.4 is 0 Å². The maximum atomic E-state index is 10.0. The van der Waals surface area contributed by atoms with Gasteiger partial charge in [0.15, 0.2) is 6.16 Å². The molecule has 3 heteroatoms. The second-order valence-electron chi connectivity index (χ2n) is 2.84. The lowest BCUT2D eigenvalue weighted by Crippen LogP contribution is -2.05. The highest BCUT2D eigenvalue weighted by molar-refractivity contribution is 7.74. The van der Waals surface area contributed by atoms with Crippen molar-refractivity contribution in [1.29, 1.82) is 0 Å². The summed E-state index contributed by atoms with van der Waals surface area (Å²) in [6.07, 6.45) is 0.354. The highest BCUT2D eigenvalue weighted by atomic mass is 31.2. The Morgan fingerprint density at radius 1 is 1.50 bits per heavy atom. The van der Waals surface area contributed by atoms with Crippen molar-refractivity contribution in [2.45, 2.75) is 0 Å². The van der Waals surface area contributed by atoms with Gasteiger partial charge in [0.05, 0.1) is 0 Å². The molecule has 0 fully saturated rings. The van der Waals surface area contributed by atoms with E-state index < -0.39 is 13.2 Å². The fourth-order valence-corrected chi connectivity index (χ4v) is 1.22. The average Bonchev–Trinajstić information content (AvgIpc) is 1.21. The predicted molar refractivity (Wildman–Crippen MR) is 37.2 cm³/mol. The highest BCUT2D eigenvalue weighted by Gasteiger charge is 2.20. The van der Waals surface area contributed by atoms with Gasteiger partial charge in [-0.3, -0.25) is 0 Å². The van der Waals surface area contributed by atoms with Gasteiger partial charge >= 0.3 is 5.97 Å². The first kappa shape index (κ1) is 7.90. The molecule has 0 saturated heterocycles. The van der Waals surface area contributed by atoms with Gasteiger partial charge in [-0.2, -0.15) is 0 Å². The van der Waals surface area contributed by atoms with Crippen molar-refractivity contribution in [3.05, 3.63) is 0 Å². The van der Waals surface area contributed by atoms with Crippen molar-refractivity contribution in [2.75, 3.05) is 26.2 Å². The number of carbonyl (C=O) groups is 1. The summed E-state index contributed by atoms with van der Waals surface area (Å²) in [7, 11) is -1.07. The zero-order chi connectivity index (χ0) is 6.78. The Bertz CT molecular complexity index is 93.1. The quantitative estimate of drug-likeness (QED) is 0.573. The predicted octanol–water partition coefficient (Wildman–Crippen LogP) is 0.978. The minimum Gasteiger partial charge on any atom is -0.479 e. The lowest BCUT2D eigenvalue weighted by molar-refractivity contribution is -0.134. The maximum absolute atomic E-state index is 10.0. The first-order chi connectivity index (χ1) is 3.42. The summed E-state index contributed by atoms with van der Waals surface area (Å²) >= 11 is 0. The lowest BCUT2D eigenvalue weighted by Gasteiger charge is -2.06. The van der Waals surface area contributed by atoms with E-state index in [1.165, 1.54) is 0 Å². The van der Waals surface area contributed by atoms with Crippen LogP contribution in [0.3, 0.4) is 0 Å². The molecule has 0 aliphatic heterocycles. The molecule has 0 spiro atoms. The molecule has 0 aliphatic carbocycles. The summed E-state index contributed by atoms with van der Waals surface area (Å²) in [6, 6.07) is 0. The highest BCUT2D eigenvalue weighted by Crippen LogP contribution is 2.45. The number of rotatable bonds is 2. The van der Waals surface area contributed by atoms with Gasteiger partial charge in [0.1, 0.15) is 0 Å². The van der Waals surface area contributed by atoms with E-state index in [4.69, 9.17) is 5.11 Å². The summed E-state index contributed by atoms with van der Waals surface area (Å²) in [5, 5.41) is 8.28. The van der Waals surface area contributed by atoms with Crippen LogP contribution in [0, 0.1) is 0 Å². The molecule has 0 atom stereocenters. The van der Waals surface area contributed by atoms with Crippen molar-refractivity contribution in [3.8, 4) is 0 Å². The number of carboxylic acid groups (broad SMARTS) is 1. The van der Waals surface area contributed by atoms with E-state index in [0.717, 1.165) is 0 Å². The summed E-state index contributed by atoms with van der Waals surface area (Å²) in [5.41, 5.74) is 0. The van der Waals surface area contributed by atoms with Gasteiger partial charge in [0.2, 0.25) is 0 Å². The molecule has 0 aromatic rings. The SMILES string of the molecule is C[P+](C)(C)CC(=O)O. The molecule has 0 unspecified atom stereocenters. The fourth-order valence-electron chi connectivity index (χ4n) is 0.406. The molecule has 0 saturated carbocycles. The van der Waals surface area contributed by atoms with Crippen molar-refractivity contribution in [3.63, 3.8) is 0 Å². The molecular formula is C5H12O2P+. The fraction of sp³-hybridized carbons (Fsp3) is 0.800. The molecule has 0 bridgehead atoms. The second-order valence-corrected chi connectivity index (χ2v) is 7.74.